The zero-order valence-electron chi connectivity index (χ0n) is 12.9. The quantitative estimate of drug-likeness (QED) is 0.385. The molecule has 0 aliphatic carbocycles. The first-order valence-corrected chi connectivity index (χ1v) is 8.50. The Bertz CT molecular complexity index is 579. The molecule has 0 spiro atoms. The van der Waals surface area contributed by atoms with Gasteiger partial charge in [0.05, 0.1) is 18.2 Å². The number of hydrogen-bond acceptors (Lipinski definition) is 6. The highest BCUT2D eigenvalue weighted by Gasteiger charge is 2.44. The molecule has 2 unspecified atom stereocenters. The van der Waals surface area contributed by atoms with E-state index in [1.54, 1.807) is 24.3 Å². The maximum Gasteiger partial charge on any atom is 0.338 e. The van der Waals surface area contributed by atoms with Gasteiger partial charge in [-0.1, -0.05) is 30.2 Å². The molecule has 0 amide bonds. The number of ether oxygens (including phenoxy) is 2. The molecule has 7 nitrogen and oxygen atoms in total. The first kappa shape index (κ1) is 17.6. The molecule has 1 heterocycles. The largest absolute Gasteiger partial charge is 0.455 e. The van der Waals surface area contributed by atoms with Crippen LogP contribution in [0.1, 0.15) is 17.3 Å². The third kappa shape index (κ3) is 4.17. The second-order valence-corrected chi connectivity index (χ2v) is 6.21. The van der Waals surface area contributed by atoms with Crippen molar-refractivity contribution in [3.8, 4) is 0 Å². The Kier molecular flexibility index (Phi) is 6.29. The van der Waals surface area contributed by atoms with E-state index in [-0.39, 0.29) is 17.9 Å². The van der Waals surface area contributed by atoms with Crippen molar-refractivity contribution in [1.82, 2.24) is 0 Å². The van der Waals surface area contributed by atoms with Gasteiger partial charge in [0.15, 0.2) is 0 Å². The number of carbonyl (C=O) groups excluding carboxylic acids is 1. The molecular formula is C15H19N3O4S. The molecule has 0 saturated carbocycles. The van der Waals surface area contributed by atoms with Gasteiger partial charge < -0.3 is 14.6 Å². The number of carbonyl (C=O) groups is 1. The summed E-state index contributed by atoms with van der Waals surface area (Å²) in [5.41, 5.74) is 8.61. The van der Waals surface area contributed by atoms with Crippen molar-refractivity contribution >= 4 is 17.7 Å². The lowest BCUT2D eigenvalue weighted by Gasteiger charge is -2.42. The molecule has 1 aliphatic rings. The van der Waals surface area contributed by atoms with Crippen LogP contribution in [0.2, 0.25) is 0 Å². The van der Waals surface area contributed by atoms with E-state index >= 15 is 0 Å². The molecule has 1 N–H and O–H groups in total. The van der Waals surface area contributed by atoms with Crippen LogP contribution in [0.15, 0.2) is 35.4 Å². The summed E-state index contributed by atoms with van der Waals surface area (Å²) in [4.78, 5) is 14.9. The summed E-state index contributed by atoms with van der Waals surface area (Å²) in [6, 6.07) is 8.61. The molecule has 8 heteroatoms. The van der Waals surface area contributed by atoms with E-state index in [0.717, 1.165) is 0 Å². The maximum atomic E-state index is 12.3. The van der Waals surface area contributed by atoms with Crippen LogP contribution in [0.25, 0.3) is 10.4 Å². The topological polar surface area (TPSA) is 105 Å². The average Bonchev–Trinajstić information content (AvgIpc) is 2.58. The second-order valence-electron chi connectivity index (χ2n) is 5.28. The number of nitrogens with zero attached hydrogens (tertiary/aromatic N) is 3. The zero-order chi connectivity index (χ0) is 16.8. The summed E-state index contributed by atoms with van der Waals surface area (Å²) in [5.74, 6) is -0.694. The van der Waals surface area contributed by atoms with Crippen molar-refractivity contribution in [2.24, 2.45) is 11.0 Å². The van der Waals surface area contributed by atoms with Crippen molar-refractivity contribution in [3.05, 3.63) is 46.3 Å². The van der Waals surface area contributed by atoms with Gasteiger partial charge in [-0.15, -0.1) is 11.8 Å². The monoisotopic (exact) mass is 337 g/mol. The van der Waals surface area contributed by atoms with E-state index in [4.69, 9.17) is 15.0 Å². The number of azide groups is 1. The van der Waals surface area contributed by atoms with Crippen LogP contribution < -0.4 is 0 Å². The van der Waals surface area contributed by atoms with E-state index in [9.17, 15) is 9.90 Å². The van der Waals surface area contributed by atoms with Crippen LogP contribution in [-0.4, -0.2) is 47.6 Å². The van der Waals surface area contributed by atoms with Crippen LogP contribution in [0.4, 0.5) is 0 Å². The van der Waals surface area contributed by atoms with Gasteiger partial charge in [0.25, 0.3) is 0 Å². The van der Waals surface area contributed by atoms with Gasteiger partial charge in [-0.25, -0.2) is 4.79 Å². The summed E-state index contributed by atoms with van der Waals surface area (Å²) in [6.45, 7) is 1.85. The van der Waals surface area contributed by atoms with E-state index in [2.05, 4.69) is 10.0 Å². The number of rotatable bonds is 5. The third-order valence-corrected chi connectivity index (χ3v) is 4.79. The van der Waals surface area contributed by atoms with Crippen molar-refractivity contribution in [2.75, 3.05) is 12.8 Å². The smallest absolute Gasteiger partial charge is 0.338 e. The maximum absolute atomic E-state index is 12.3. The number of benzene rings is 1. The molecule has 0 bridgehead atoms. The van der Waals surface area contributed by atoms with Crippen LogP contribution in [0, 0.1) is 5.92 Å². The van der Waals surface area contributed by atoms with Crippen LogP contribution in [-0.2, 0) is 9.47 Å². The molecule has 2 rings (SSSR count). The Morgan fingerprint density at radius 2 is 2.17 bits per heavy atom. The van der Waals surface area contributed by atoms with Gasteiger partial charge >= 0.3 is 5.97 Å². The lowest BCUT2D eigenvalue weighted by atomic mass is 9.93. The fourth-order valence-electron chi connectivity index (χ4n) is 2.54. The fourth-order valence-corrected chi connectivity index (χ4v) is 3.37. The van der Waals surface area contributed by atoms with E-state index in [0.29, 0.717) is 5.56 Å². The van der Waals surface area contributed by atoms with Crippen LogP contribution in [0.5, 0.6) is 0 Å². The minimum atomic E-state index is -1.05. The lowest BCUT2D eigenvalue weighted by molar-refractivity contribution is -0.168. The summed E-state index contributed by atoms with van der Waals surface area (Å²) >= 11 is 1.46. The standard InChI is InChI=1S/C15H19N3O4S/c1-9-13(22-14(20)10-6-4-3-5-7-10)12(19)11(8-17-18-16)21-15(9)23-2/h3-7,9,11-13,15,19H,8H2,1-2H3/t9?,11?,12-,13-,15+/m1/s1. The molecule has 1 aliphatic heterocycles. The predicted molar refractivity (Wildman–Crippen MR) is 87.0 cm³/mol. The molecule has 0 aromatic heterocycles. The highest BCUT2D eigenvalue weighted by molar-refractivity contribution is 7.99. The van der Waals surface area contributed by atoms with Crippen molar-refractivity contribution in [2.45, 2.75) is 30.7 Å². The van der Waals surface area contributed by atoms with Gasteiger partial charge in [-0.2, -0.15) is 0 Å². The van der Waals surface area contributed by atoms with E-state index in [1.807, 2.05) is 19.2 Å². The normalized spacial score (nSPS) is 30.3. The summed E-state index contributed by atoms with van der Waals surface area (Å²) in [7, 11) is 0. The Hall–Kier alpha value is -1.73. The van der Waals surface area contributed by atoms with Gasteiger partial charge in [0, 0.05) is 10.8 Å². The molecule has 1 aromatic rings. The third-order valence-electron chi connectivity index (χ3n) is 3.78. The summed E-state index contributed by atoms with van der Waals surface area (Å²) in [6.07, 6.45) is -0.605. The van der Waals surface area contributed by atoms with Gasteiger partial charge in [-0.05, 0) is 23.9 Å². The van der Waals surface area contributed by atoms with Gasteiger partial charge in [0.2, 0.25) is 0 Å². The highest BCUT2D eigenvalue weighted by atomic mass is 32.2. The Morgan fingerprint density at radius 1 is 1.48 bits per heavy atom. The number of thioether (sulfide) groups is 1. The van der Waals surface area contributed by atoms with Crippen LogP contribution in [0.3, 0.4) is 0 Å². The SMILES string of the molecule is CS[C@@H]1OC(CN=[N+]=[N-])[C@@H](O)[C@H](OC(=O)c2ccccc2)C1C. The first-order chi connectivity index (χ1) is 11.1. The Morgan fingerprint density at radius 3 is 2.78 bits per heavy atom. The minimum absolute atomic E-state index is 0.0131. The van der Waals surface area contributed by atoms with Gasteiger partial charge in [0.1, 0.15) is 17.6 Å². The molecule has 1 fully saturated rings. The molecule has 1 saturated heterocycles. The molecule has 1 aromatic carbocycles. The predicted octanol–water partition coefficient (Wildman–Crippen LogP) is 2.61. The molecule has 124 valence electrons. The summed E-state index contributed by atoms with van der Waals surface area (Å²) < 4.78 is 11.3. The van der Waals surface area contributed by atoms with Gasteiger partial charge in [-0.3, -0.25) is 0 Å². The van der Waals surface area contributed by atoms with Crippen molar-refractivity contribution in [3.63, 3.8) is 0 Å². The number of esters is 1. The minimum Gasteiger partial charge on any atom is -0.455 e. The Labute approximate surface area is 138 Å². The van der Waals surface area contributed by atoms with Crippen LogP contribution >= 0.6 is 11.8 Å². The second kappa shape index (κ2) is 8.21. The van der Waals surface area contributed by atoms with Crippen molar-refractivity contribution in [1.29, 1.82) is 0 Å². The average molecular weight is 337 g/mol. The number of hydrogen-bond donors (Lipinski definition) is 1. The Balaban J connectivity index is 2.15. The molecule has 0 radical (unpaired) electrons. The first-order valence-electron chi connectivity index (χ1n) is 7.21. The molecular weight excluding hydrogens is 318 g/mol. The zero-order valence-corrected chi connectivity index (χ0v) is 13.7. The van der Waals surface area contributed by atoms with E-state index < -0.39 is 24.3 Å². The number of aliphatic hydroxyl groups excluding tert-OH is 1. The van der Waals surface area contributed by atoms with E-state index in [1.165, 1.54) is 11.8 Å². The van der Waals surface area contributed by atoms with Crippen molar-refractivity contribution < 1.29 is 19.4 Å². The molecule has 5 atom stereocenters. The number of aliphatic hydroxyl groups is 1. The summed E-state index contributed by atoms with van der Waals surface area (Å²) in [5, 5.41) is 13.9. The lowest BCUT2D eigenvalue weighted by Crippen LogP contribution is -2.55. The molecule has 23 heavy (non-hydrogen) atoms. The highest BCUT2D eigenvalue weighted by Crippen LogP contribution is 2.33. The fraction of sp³-hybridized carbons (Fsp3) is 0.533.